The second kappa shape index (κ2) is 7.94. The highest BCUT2D eigenvalue weighted by Crippen LogP contribution is 2.34. The molecule has 2 aliphatic rings. The van der Waals surface area contributed by atoms with Crippen LogP contribution in [-0.2, 0) is 23.0 Å². The minimum absolute atomic E-state index is 0.130. The van der Waals surface area contributed by atoms with Gasteiger partial charge in [0.2, 0.25) is 0 Å². The van der Waals surface area contributed by atoms with E-state index in [4.69, 9.17) is 4.74 Å². The van der Waals surface area contributed by atoms with Crippen LogP contribution >= 0.6 is 0 Å². The molecule has 0 saturated carbocycles. The number of esters is 1. The van der Waals surface area contributed by atoms with Crippen LogP contribution in [0.5, 0.6) is 0 Å². The summed E-state index contributed by atoms with van der Waals surface area (Å²) in [5.74, 6) is 5.69. The van der Waals surface area contributed by atoms with E-state index >= 15 is 0 Å². The summed E-state index contributed by atoms with van der Waals surface area (Å²) in [4.78, 5) is 27.4. The van der Waals surface area contributed by atoms with E-state index < -0.39 is 11.6 Å². The maximum atomic E-state index is 12.6. The standard InChI is InChI=1S/C22H28N2O4/c1-5-24-11-9-22(27,10-12-24)8-7-16-14-23(4)20(25)17-13-15(3)18(19(16)17)21(26)28-6-2/h14,27H,5-6,9-13H2,1-4H3. The van der Waals surface area contributed by atoms with E-state index in [9.17, 15) is 14.7 Å². The van der Waals surface area contributed by atoms with E-state index in [1.54, 1.807) is 20.2 Å². The molecule has 1 aliphatic carbocycles. The second-order valence-electron chi connectivity index (χ2n) is 7.58. The van der Waals surface area contributed by atoms with Gasteiger partial charge in [-0.15, -0.1) is 0 Å². The van der Waals surface area contributed by atoms with Gasteiger partial charge in [0.05, 0.1) is 12.2 Å². The van der Waals surface area contributed by atoms with Crippen LogP contribution in [0, 0.1) is 11.8 Å². The van der Waals surface area contributed by atoms with Crippen molar-refractivity contribution in [2.45, 2.75) is 45.6 Å². The Bertz CT molecular complexity index is 938. The fourth-order valence-corrected chi connectivity index (χ4v) is 3.94. The third-order valence-corrected chi connectivity index (χ3v) is 5.63. The zero-order valence-corrected chi connectivity index (χ0v) is 17.1. The Hall–Kier alpha value is -2.36. The first-order valence-corrected chi connectivity index (χ1v) is 9.87. The molecule has 1 aromatic rings. The first-order chi connectivity index (χ1) is 13.3. The molecule has 0 atom stereocenters. The van der Waals surface area contributed by atoms with Crippen LogP contribution in [-0.4, -0.2) is 52.4 Å². The molecule has 0 bridgehead atoms. The Kier molecular flexibility index (Phi) is 5.78. The number of pyridine rings is 1. The highest BCUT2D eigenvalue weighted by Gasteiger charge is 2.32. The molecule has 1 N–H and O–H groups in total. The van der Waals surface area contributed by atoms with Gasteiger partial charge in [-0.2, -0.15) is 0 Å². The molecule has 0 radical (unpaired) electrons. The van der Waals surface area contributed by atoms with E-state index in [1.807, 2.05) is 6.92 Å². The number of ether oxygens (including phenoxy) is 1. The van der Waals surface area contributed by atoms with Crippen LogP contribution in [0.3, 0.4) is 0 Å². The molecule has 0 amide bonds. The van der Waals surface area contributed by atoms with Gasteiger partial charge in [-0.25, -0.2) is 4.79 Å². The average Bonchev–Trinajstić information content (AvgIpc) is 3.02. The lowest BCUT2D eigenvalue weighted by Gasteiger charge is -2.34. The number of aliphatic hydroxyl groups is 1. The SMILES string of the molecule is CCOC(=O)C1=C(C)Cc2c1c(C#CC1(O)CCN(CC)CC1)cn(C)c2=O. The number of carbonyl (C=O) groups excluding carboxylic acids is 1. The van der Waals surface area contributed by atoms with Gasteiger partial charge in [-0.1, -0.05) is 24.3 Å². The largest absolute Gasteiger partial charge is 0.462 e. The predicted molar refractivity (Wildman–Crippen MR) is 108 cm³/mol. The number of carbonyl (C=O) groups is 1. The molecule has 3 rings (SSSR count). The zero-order chi connectivity index (χ0) is 20.5. The summed E-state index contributed by atoms with van der Waals surface area (Å²) in [6.45, 7) is 8.55. The van der Waals surface area contributed by atoms with E-state index in [0.29, 0.717) is 41.5 Å². The number of aryl methyl sites for hydroxylation is 1. The minimum atomic E-state index is -1.05. The molecule has 0 aromatic carbocycles. The van der Waals surface area contributed by atoms with Gasteiger partial charge < -0.3 is 19.3 Å². The van der Waals surface area contributed by atoms with Crippen molar-refractivity contribution < 1.29 is 14.6 Å². The maximum Gasteiger partial charge on any atom is 0.338 e. The van der Waals surface area contributed by atoms with Crippen LogP contribution < -0.4 is 5.56 Å². The molecule has 28 heavy (non-hydrogen) atoms. The van der Waals surface area contributed by atoms with E-state index in [1.165, 1.54) is 4.57 Å². The molecular weight excluding hydrogens is 356 g/mol. The quantitative estimate of drug-likeness (QED) is 0.631. The predicted octanol–water partition coefficient (Wildman–Crippen LogP) is 1.48. The lowest BCUT2D eigenvalue weighted by molar-refractivity contribution is -0.136. The van der Waals surface area contributed by atoms with Gasteiger partial charge in [-0.05, 0) is 20.4 Å². The summed E-state index contributed by atoms with van der Waals surface area (Å²) < 4.78 is 6.70. The van der Waals surface area contributed by atoms with Crippen LogP contribution in [0.2, 0.25) is 0 Å². The molecule has 2 heterocycles. The molecule has 150 valence electrons. The zero-order valence-electron chi connectivity index (χ0n) is 17.1. The van der Waals surface area contributed by atoms with Gasteiger partial charge in [0.1, 0.15) is 5.60 Å². The Labute approximate surface area is 165 Å². The van der Waals surface area contributed by atoms with Crippen molar-refractivity contribution in [3.05, 3.63) is 38.8 Å². The third kappa shape index (κ3) is 3.78. The fourth-order valence-electron chi connectivity index (χ4n) is 3.94. The highest BCUT2D eigenvalue weighted by atomic mass is 16.5. The maximum absolute atomic E-state index is 12.6. The van der Waals surface area contributed by atoms with Crippen molar-refractivity contribution in [3.8, 4) is 11.8 Å². The summed E-state index contributed by atoms with van der Waals surface area (Å²) in [6.07, 6.45) is 3.24. The molecule has 1 aromatic heterocycles. The third-order valence-electron chi connectivity index (χ3n) is 5.63. The van der Waals surface area contributed by atoms with E-state index in [2.05, 4.69) is 23.7 Å². The van der Waals surface area contributed by atoms with Crippen molar-refractivity contribution in [1.82, 2.24) is 9.47 Å². The van der Waals surface area contributed by atoms with Crippen molar-refractivity contribution in [2.24, 2.45) is 7.05 Å². The Morgan fingerprint density at radius 2 is 2.00 bits per heavy atom. The number of fused-ring (bicyclic) bond motifs is 1. The number of aromatic nitrogens is 1. The van der Waals surface area contributed by atoms with Crippen LogP contribution in [0.25, 0.3) is 5.57 Å². The Balaban J connectivity index is 2.03. The lowest BCUT2D eigenvalue weighted by atomic mass is 9.91. The van der Waals surface area contributed by atoms with Gasteiger partial charge in [0.25, 0.3) is 5.56 Å². The number of piperidine rings is 1. The van der Waals surface area contributed by atoms with Crippen molar-refractivity contribution in [3.63, 3.8) is 0 Å². The van der Waals surface area contributed by atoms with Crippen molar-refractivity contribution in [1.29, 1.82) is 0 Å². The normalized spacial score (nSPS) is 18.5. The molecule has 0 unspecified atom stereocenters. The topological polar surface area (TPSA) is 71.8 Å². The highest BCUT2D eigenvalue weighted by molar-refractivity contribution is 6.19. The summed E-state index contributed by atoms with van der Waals surface area (Å²) in [5.41, 5.74) is 1.80. The van der Waals surface area contributed by atoms with Crippen LogP contribution in [0.1, 0.15) is 50.3 Å². The van der Waals surface area contributed by atoms with Crippen LogP contribution in [0.4, 0.5) is 0 Å². The minimum Gasteiger partial charge on any atom is -0.462 e. The molecule has 1 saturated heterocycles. The van der Waals surface area contributed by atoms with Gasteiger partial charge in [0.15, 0.2) is 0 Å². The number of rotatable bonds is 3. The summed E-state index contributed by atoms with van der Waals surface area (Å²) >= 11 is 0. The van der Waals surface area contributed by atoms with E-state index in [-0.39, 0.29) is 12.2 Å². The van der Waals surface area contributed by atoms with Crippen molar-refractivity contribution in [2.75, 3.05) is 26.2 Å². The first-order valence-electron chi connectivity index (χ1n) is 9.87. The number of hydrogen-bond donors (Lipinski definition) is 1. The Morgan fingerprint density at radius 3 is 2.61 bits per heavy atom. The molecule has 6 nitrogen and oxygen atoms in total. The number of allylic oxidation sites excluding steroid dienone is 1. The summed E-state index contributed by atoms with van der Waals surface area (Å²) in [5, 5.41) is 10.9. The van der Waals surface area contributed by atoms with Crippen molar-refractivity contribution >= 4 is 11.5 Å². The Morgan fingerprint density at radius 1 is 1.32 bits per heavy atom. The second-order valence-corrected chi connectivity index (χ2v) is 7.58. The smallest absolute Gasteiger partial charge is 0.338 e. The molecule has 6 heteroatoms. The number of nitrogens with zero attached hydrogens (tertiary/aromatic N) is 2. The summed E-state index contributed by atoms with van der Waals surface area (Å²) in [7, 11) is 1.68. The number of likely N-dealkylation sites (tertiary alicyclic amines) is 1. The lowest BCUT2D eigenvalue weighted by Crippen LogP contribution is -2.43. The number of hydrogen-bond acceptors (Lipinski definition) is 5. The van der Waals surface area contributed by atoms with E-state index in [0.717, 1.165) is 25.2 Å². The molecule has 0 spiro atoms. The molecule has 1 aliphatic heterocycles. The van der Waals surface area contributed by atoms with Gasteiger partial charge >= 0.3 is 5.97 Å². The summed E-state index contributed by atoms with van der Waals surface area (Å²) in [6, 6.07) is 0. The molecule has 1 fully saturated rings. The van der Waals surface area contributed by atoms with Crippen LogP contribution in [0.15, 0.2) is 16.6 Å². The fraction of sp³-hybridized carbons (Fsp3) is 0.545. The monoisotopic (exact) mass is 384 g/mol. The molecular formula is C22H28N2O4. The van der Waals surface area contributed by atoms with Gasteiger partial charge in [0, 0.05) is 62.3 Å². The average molecular weight is 384 g/mol. The first kappa shape index (κ1) is 20.4. The van der Waals surface area contributed by atoms with Gasteiger partial charge in [-0.3, -0.25) is 4.79 Å².